The third-order valence-electron chi connectivity index (χ3n) is 5.66. The predicted octanol–water partition coefficient (Wildman–Crippen LogP) is -0.879. The number of phenolic OH excluding ortho intramolecular Hbond substituents is 1. The number of aliphatic carboxylic acids is 5. The minimum atomic E-state index is -1.29. The second-order valence-corrected chi connectivity index (χ2v) is 9.47. The SMILES string of the molecule is C[C@@H](O)[C@H](N)C(=O)O.N[C@@H](CC(=O)O)C(=O)O.N[C@@H](Cc1c[nH]c2ccccc12)C(=O)O.N[C@@H](Cc1ccc(O)cc1)C(=O)O. The van der Waals surface area contributed by atoms with Crippen LogP contribution in [0.15, 0.2) is 54.7 Å². The molecule has 0 saturated heterocycles. The van der Waals surface area contributed by atoms with Gasteiger partial charge in [0.2, 0.25) is 0 Å². The third-order valence-corrected chi connectivity index (χ3v) is 5.66. The minimum absolute atomic E-state index is 0.160. The number of benzene rings is 2. The number of hydrogen-bond acceptors (Lipinski definition) is 11. The van der Waals surface area contributed by atoms with Crippen LogP contribution in [0.2, 0.25) is 0 Å². The number of para-hydroxylation sites is 1. The van der Waals surface area contributed by atoms with Crippen molar-refractivity contribution in [3.8, 4) is 5.75 Å². The quantitative estimate of drug-likeness (QED) is 0.121. The van der Waals surface area contributed by atoms with Crippen molar-refractivity contribution in [2.24, 2.45) is 22.9 Å². The molecule has 0 unspecified atom stereocenters. The standard InChI is InChI=1S/C11H12N2O2.C9H11NO3.C4H7NO4.C4H9NO3/c12-9(11(14)15)5-7-6-13-10-4-2-1-3-8(7)10;10-8(9(12)13)5-6-1-3-7(11)4-2-6;5-2(4(8)9)1-3(6)7;1-2(6)3(5)4(7)8/h1-4,6,9,13H,5,12H2,(H,14,15);1-4,8,11H,5,10H2,(H,12,13);2H,1,5H2,(H,6,7)(H,8,9);2-3,6H,5H2,1H3,(H,7,8)/t9-;8-;2-;2-,3+/m0001/s1. The highest BCUT2D eigenvalue weighted by Gasteiger charge is 2.17. The summed E-state index contributed by atoms with van der Waals surface area (Å²) in [5.41, 5.74) is 23.3. The summed E-state index contributed by atoms with van der Waals surface area (Å²) in [5.74, 6) is -5.51. The van der Waals surface area contributed by atoms with Gasteiger partial charge in [0, 0.05) is 23.5 Å². The van der Waals surface area contributed by atoms with E-state index in [4.69, 9.17) is 58.7 Å². The zero-order valence-corrected chi connectivity index (χ0v) is 24.2. The Morgan fingerprint density at radius 3 is 1.60 bits per heavy atom. The Labute approximate surface area is 256 Å². The Bertz CT molecular complexity index is 1390. The number of rotatable bonds is 11. The van der Waals surface area contributed by atoms with E-state index in [1.54, 1.807) is 12.1 Å². The average molecular weight is 638 g/mol. The number of nitrogens with two attached hydrogens (primary N) is 4. The molecule has 3 aromatic rings. The molecule has 2 aromatic carbocycles. The van der Waals surface area contributed by atoms with Gasteiger partial charge in [-0.1, -0.05) is 30.3 Å². The van der Waals surface area contributed by atoms with Crippen LogP contribution in [0.5, 0.6) is 5.75 Å². The summed E-state index contributed by atoms with van der Waals surface area (Å²) in [6.07, 6.45) is 0.921. The van der Waals surface area contributed by atoms with Gasteiger partial charge in [-0.15, -0.1) is 0 Å². The number of carbonyl (C=O) groups is 5. The molecule has 45 heavy (non-hydrogen) atoms. The van der Waals surface area contributed by atoms with Crippen LogP contribution in [-0.4, -0.2) is 101 Å². The maximum atomic E-state index is 10.6. The minimum Gasteiger partial charge on any atom is -0.508 e. The number of aromatic hydroxyl groups is 1. The van der Waals surface area contributed by atoms with Crippen LogP contribution in [-0.2, 0) is 36.8 Å². The number of carboxylic acid groups (broad SMARTS) is 5. The molecule has 0 amide bonds. The molecule has 0 bridgehead atoms. The van der Waals surface area contributed by atoms with Crippen molar-refractivity contribution in [1.82, 2.24) is 4.98 Å². The van der Waals surface area contributed by atoms with Crippen molar-refractivity contribution in [3.63, 3.8) is 0 Å². The average Bonchev–Trinajstić information content (AvgIpc) is 3.36. The van der Waals surface area contributed by atoms with Gasteiger partial charge in [-0.25, -0.2) is 0 Å². The van der Waals surface area contributed by atoms with Crippen molar-refractivity contribution in [2.75, 3.05) is 0 Å². The van der Waals surface area contributed by atoms with Crippen LogP contribution in [0.4, 0.5) is 0 Å². The second kappa shape index (κ2) is 20.0. The van der Waals surface area contributed by atoms with Crippen molar-refractivity contribution in [2.45, 2.75) is 56.5 Å². The van der Waals surface area contributed by atoms with Crippen LogP contribution in [0.25, 0.3) is 10.9 Å². The summed E-state index contributed by atoms with van der Waals surface area (Å²) >= 11 is 0. The summed E-state index contributed by atoms with van der Waals surface area (Å²) < 4.78 is 0. The first-order chi connectivity index (χ1) is 20.9. The number of aromatic amines is 1. The molecule has 0 aliphatic carbocycles. The Morgan fingerprint density at radius 2 is 1.20 bits per heavy atom. The third kappa shape index (κ3) is 16.4. The van der Waals surface area contributed by atoms with E-state index in [1.165, 1.54) is 19.1 Å². The highest BCUT2D eigenvalue weighted by atomic mass is 16.4. The number of aromatic nitrogens is 1. The number of aliphatic hydroxyl groups excluding tert-OH is 1. The predicted molar refractivity (Wildman–Crippen MR) is 160 cm³/mol. The molecule has 1 aromatic heterocycles. The number of nitrogens with one attached hydrogen (secondary N) is 1. The number of hydrogen-bond donors (Lipinski definition) is 12. The summed E-state index contributed by atoms with van der Waals surface area (Å²) in [4.78, 5) is 53.6. The van der Waals surface area contributed by atoms with Gasteiger partial charge in [-0.3, -0.25) is 24.0 Å². The van der Waals surface area contributed by atoms with Crippen molar-refractivity contribution in [1.29, 1.82) is 0 Å². The lowest BCUT2D eigenvalue weighted by molar-refractivity contribution is -0.144. The van der Waals surface area contributed by atoms with Crippen molar-refractivity contribution in [3.05, 3.63) is 65.9 Å². The Morgan fingerprint density at radius 1 is 0.711 bits per heavy atom. The number of aliphatic hydroxyl groups is 1. The molecule has 5 atom stereocenters. The number of fused-ring (bicyclic) bond motifs is 1. The van der Waals surface area contributed by atoms with Gasteiger partial charge >= 0.3 is 29.8 Å². The van der Waals surface area contributed by atoms with Gasteiger partial charge < -0.3 is 63.7 Å². The topological polar surface area (TPSA) is 347 Å². The summed E-state index contributed by atoms with van der Waals surface area (Å²) in [6, 6.07) is 9.89. The molecule has 17 nitrogen and oxygen atoms in total. The fourth-order valence-electron chi connectivity index (χ4n) is 3.08. The van der Waals surface area contributed by atoms with Crippen molar-refractivity contribution >= 4 is 40.7 Å². The Kier molecular flexibility index (Phi) is 17.7. The zero-order valence-electron chi connectivity index (χ0n) is 24.2. The summed E-state index contributed by atoms with van der Waals surface area (Å²) in [5, 5.41) is 59.8. The van der Waals surface area contributed by atoms with E-state index in [-0.39, 0.29) is 12.2 Å². The lowest BCUT2D eigenvalue weighted by Gasteiger charge is -2.06. The maximum Gasteiger partial charge on any atom is 0.323 e. The first kappa shape index (κ1) is 39.9. The molecule has 16 N–H and O–H groups in total. The fourth-order valence-corrected chi connectivity index (χ4v) is 3.08. The lowest BCUT2D eigenvalue weighted by Crippen LogP contribution is -2.39. The first-order valence-corrected chi connectivity index (χ1v) is 13.0. The van der Waals surface area contributed by atoms with E-state index in [0.717, 1.165) is 22.0 Å². The van der Waals surface area contributed by atoms with E-state index in [9.17, 15) is 24.0 Å². The Hall–Kier alpha value is -5.07. The van der Waals surface area contributed by atoms with Crippen molar-refractivity contribution < 1.29 is 59.7 Å². The molecular formula is C28H39N5O12. The van der Waals surface area contributed by atoms with Gasteiger partial charge in [0.1, 0.15) is 29.9 Å². The Balaban J connectivity index is 0.000000594. The highest BCUT2D eigenvalue weighted by molar-refractivity contribution is 5.84. The zero-order chi connectivity index (χ0) is 34.9. The summed E-state index contributed by atoms with van der Waals surface area (Å²) in [7, 11) is 0. The van der Waals surface area contributed by atoms with Gasteiger partial charge in [-0.05, 0) is 42.7 Å². The maximum absolute atomic E-state index is 10.6. The van der Waals surface area contributed by atoms with Gasteiger partial charge in [0.25, 0.3) is 0 Å². The molecule has 0 aliphatic heterocycles. The van der Waals surface area contributed by atoms with Crippen LogP contribution >= 0.6 is 0 Å². The molecule has 0 spiro atoms. The van der Waals surface area contributed by atoms with E-state index in [2.05, 4.69) is 4.98 Å². The lowest BCUT2D eigenvalue weighted by atomic mass is 10.1. The fraction of sp³-hybridized carbons (Fsp3) is 0.321. The number of H-pyrrole nitrogens is 1. The molecule has 0 saturated carbocycles. The molecule has 0 aliphatic rings. The molecule has 17 heteroatoms. The molecule has 1 heterocycles. The van der Waals surface area contributed by atoms with E-state index >= 15 is 0 Å². The first-order valence-electron chi connectivity index (χ1n) is 13.0. The van der Waals surface area contributed by atoms with Gasteiger partial charge in [0.15, 0.2) is 0 Å². The summed E-state index contributed by atoms with van der Waals surface area (Å²) in [6.45, 7) is 1.33. The van der Waals surface area contributed by atoms with E-state index < -0.39 is 66.5 Å². The van der Waals surface area contributed by atoms with Crippen LogP contribution in [0, 0.1) is 0 Å². The van der Waals surface area contributed by atoms with E-state index in [1.807, 2.05) is 30.5 Å². The van der Waals surface area contributed by atoms with Gasteiger partial charge in [-0.2, -0.15) is 0 Å². The molecule has 248 valence electrons. The molecule has 3 rings (SSSR count). The molecule has 0 radical (unpaired) electrons. The highest BCUT2D eigenvalue weighted by Crippen LogP contribution is 2.18. The normalized spacial score (nSPS) is 13.5. The second-order valence-electron chi connectivity index (χ2n) is 9.47. The number of carboxylic acids is 5. The van der Waals surface area contributed by atoms with Gasteiger partial charge in [0.05, 0.1) is 12.5 Å². The number of phenols is 1. The molecule has 0 fully saturated rings. The monoisotopic (exact) mass is 637 g/mol. The molecular weight excluding hydrogens is 598 g/mol. The largest absolute Gasteiger partial charge is 0.508 e. The van der Waals surface area contributed by atoms with Crippen LogP contribution in [0.1, 0.15) is 24.5 Å². The van der Waals surface area contributed by atoms with Crippen LogP contribution in [0.3, 0.4) is 0 Å². The smallest absolute Gasteiger partial charge is 0.323 e. The van der Waals surface area contributed by atoms with Crippen LogP contribution < -0.4 is 22.9 Å². The van der Waals surface area contributed by atoms with E-state index in [0.29, 0.717) is 6.42 Å².